The molecule has 1 heterocycles. The van der Waals surface area contributed by atoms with Crippen LogP contribution < -0.4 is 0 Å². The van der Waals surface area contributed by atoms with Gasteiger partial charge in [0.15, 0.2) is 9.84 Å². The Morgan fingerprint density at radius 3 is 2.38 bits per heavy atom. The maximum absolute atomic E-state index is 10.7. The number of rotatable bonds is 0. The van der Waals surface area contributed by atoms with Gasteiger partial charge in [0.2, 0.25) is 0 Å². The Morgan fingerprint density at radius 1 is 1.62 bits per heavy atom. The first-order valence-electron chi connectivity index (χ1n) is 2.46. The summed E-state index contributed by atoms with van der Waals surface area (Å²) in [6.45, 7) is 1.74. The summed E-state index contributed by atoms with van der Waals surface area (Å²) >= 11 is 1.52. The van der Waals surface area contributed by atoms with Gasteiger partial charge >= 0.3 is 0 Å². The van der Waals surface area contributed by atoms with Crippen molar-refractivity contribution in [2.24, 2.45) is 0 Å². The van der Waals surface area contributed by atoms with E-state index in [-0.39, 0.29) is 4.58 Å². The van der Waals surface area contributed by atoms with Crippen molar-refractivity contribution in [1.29, 1.82) is 0 Å². The van der Waals surface area contributed by atoms with Crippen LogP contribution >= 0.6 is 11.8 Å². The molecule has 1 fully saturated rings. The van der Waals surface area contributed by atoms with Gasteiger partial charge in [0.1, 0.15) is 4.58 Å². The second-order valence-electron chi connectivity index (χ2n) is 1.81. The first-order valence-corrected chi connectivity index (χ1v) is 5.22. The molecule has 0 saturated carbocycles. The van der Waals surface area contributed by atoms with Gasteiger partial charge in [0.25, 0.3) is 0 Å². The molecule has 1 aliphatic heterocycles. The molecule has 0 aromatic heterocycles. The highest BCUT2D eigenvalue weighted by Gasteiger charge is 2.26. The van der Waals surface area contributed by atoms with E-state index in [0.29, 0.717) is 5.75 Å². The molecule has 0 aliphatic carbocycles. The lowest BCUT2D eigenvalue weighted by atomic mass is 11.0. The molecule has 48 valence electrons. The maximum Gasteiger partial charge on any atom is 0.162 e. The van der Waals surface area contributed by atoms with Gasteiger partial charge in [0.05, 0.1) is 5.75 Å². The highest BCUT2D eigenvalue weighted by Crippen LogP contribution is 2.24. The topological polar surface area (TPSA) is 34.1 Å². The van der Waals surface area contributed by atoms with Gasteiger partial charge < -0.3 is 0 Å². The maximum atomic E-state index is 10.7. The standard InChI is InChI=1S/C4H8O2S2/c1-4-7-2-3-8(4,5)6/h4H,2-3H2,1H3/t4-/m1/s1. The van der Waals surface area contributed by atoms with Crippen molar-refractivity contribution < 1.29 is 8.42 Å². The van der Waals surface area contributed by atoms with Gasteiger partial charge in [-0.3, -0.25) is 0 Å². The Labute approximate surface area is 53.6 Å². The highest BCUT2D eigenvalue weighted by molar-refractivity contribution is 8.16. The summed E-state index contributed by atoms with van der Waals surface area (Å²) in [5, 5.41) is 0. The fourth-order valence-corrected chi connectivity index (χ4v) is 3.98. The molecule has 0 spiro atoms. The highest BCUT2D eigenvalue weighted by atomic mass is 32.3. The molecule has 8 heavy (non-hydrogen) atoms. The van der Waals surface area contributed by atoms with Gasteiger partial charge in [-0.1, -0.05) is 0 Å². The van der Waals surface area contributed by atoms with E-state index in [2.05, 4.69) is 0 Å². The van der Waals surface area contributed by atoms with Crippen LogP contribution in [0.5, 0.6) is 0 Å². The minimum atomic E-state index is -2.66. The fraction of sp³-hybridized carbons (Fsp3) is 1.00. The summed E-state index contributed by atoms with van der Waals surface area (Å²) in [5.74, 6) is 1.16. The Kier molecular flexibility index (Phi) is 1.54. The third-order valence-corrected chi connectivity index (χ3v) is 5.47. The monoisotopic (exact) mass is 152 g/mol. The molecule has 0 radical (unpaired) electrons. The van der Waals surface area contributed by atoms with Crippen LogP contribution in [0.3, 0.4) is 0 Å². The predicted molar refractivity (Wildman–Crippen MR) is 35.7 cm³/mol. The molecule has 1 atom stereocenters. The van der Waals surface area contributed by atoms with Crippen molar-refractivity contribution in [3.8, 4) is 0 Å². The number of hydrogen-bond donors (Lipinski definition) is 0. The second-order valence-corrected chi connectivity index (χ2v) is 5.99. The zero-order chi connectivity index (χ0) is 6.20. The molecule has 2 nitrogen and oxygen atoms in total. The quantitative estimate of drug-likeness (QED) is 0.506. The van der Waals surface area contributed by atoms with E-state index in [1.54, 1.807) is 6.92 Å². The molecule has 4 heteroatoms. The predicted octanol–water partition coefficient (Wildman–Crippen LogP) is 0.494. The van der Waals surface area contributed by atoms with Crippen molar-refractivity contribution in [3.63, 3.8) is 0 Å². The van der Waals surface area contributed by atoms with Crippen LogP contribution in [0.4, 0.5) is 0 Å². The Hall–Kier alpha value is 0.300. The molecule has 0 bridgehead atoms. The zero-order valence-electron chi connectivity index (χ0n) is 4.62. The van der Waals surface area contributed by atoms with Crippen LogP contribution in [0, 0.1) is 0 Å². The van der Waals surface area contributed by atoms with Gasteiger partial charge in [-0.25, -0.2) is 8.42 Å². The normalized spacial score (nSPS) is 35.4. The third-order valence-electron chi connectivity index (χ3n) is 1.23. The second kappa shape index (κ2) is 1.92. The van der Waals surface area contributed by atoms with Gasteiger partial charge in [0, 0.05) is 5.75 Å². The van der Waals surface area contributed by atoms with Crippen molar-refractivity contribution in [2.45, 2.75) is 11.5 Å². The number of thioether (sulfide) groups is 1. The van der Waals surface area contributed by atoms with E-state index in [1.165, 1.54) is 11.8 Å². The van der Waals surface area contributed by atoms with Crippen LogP contribution in [-0.4, -0.2) is 24.5 Å². The van der Waals surface area contributed by atoms with Gasteiger partial charge in [-0.05, 0) is 6.92 Å². The molecular formula is C4H8O2S2. The van der Waals surface area contributed by atoms with E-state index in [1.807, 2.05) is 0 Å². The van der Waals surface area contributed by atoms with E-state index in [9.17, 15) is 8.42 Å². The minimum Gasteiger partial charge on any atom is -0.228 e. The summed E-state index contributed by atoms with van der Waals surface area (Å²) < 4.78 is 21.3. The minimum absolute atomic E-state index is 0.150. The van der Waals surface area contributed by atoms with Crippen LogP contribution in [-0.2, 0) is 9.84 Å². The van der Waals surface area contributed by atoms with Crippen molar-refractivity contribution in [2.75, 3.05) is 11.5 Å². The summed E-state index contributed by atoms with van der Waals surface area (Å²) in [5.41, 5.74) is 0. The summed E-state index contributed by atoms with van der Waals surface area (Å²) in [4.78, 5) is 0. The first kappa shape index (κ1) is 6.42. The average Bonchev–Trinajstić information content (AvgIpc) is 1.86. The van der Waals surface area contributed by atoms with Crippen molar-refractivity contribution in [3.05, 3.63) is 0 Å². The lowest BCUT2D eigenvalue weighted by Gasteiger charge is -1.95. The molecule has 0 N–H and O–H groups in total. The number of hydrogen-bond acceptors (Lipinski definition) is 3. The van der Waals surface area contributed by atoms with E-state index in [0.717, 1.165) is 5.75 Å². The lowest BCUT2D eigenvalue weighted by molar-refractivity contribution is 0.598. The fourth-order valence-electron chi connectivity index (χ4n) is 0.600. The van der Waals surface area contributed by atoms with Gasteiger partial charge in [-0.15, -0.1) is 11.8 Å². The molecule has 1 rings (SSSR count). The summed E-state index contributed by atoms with van der Waals surface area (Å²) in [7, 11) is -2.66. The van der Waals surface area contributed by atoms with Crippen molar-refractivity contribution in [1.82, 2.24) is 0 Å². The van der Waals surface area contributed by atoms with Gasteiger partial charge in [-0.2, -0.15) is 0 Å². The Bertz CT molecular complexity index is 170. The lowest BCUT2D eigenvalue weighted by Crippen LogP contribution is -2.08. The van der Waals surface area contributed by atoms with E-state index >= 15 is 0 Å². The largest absolute Gasteiger partial charge is 0.228 e. The average molecular weight is 152 g/mol. The summed E-state index contributed by atoms with van der Waals surface area (Å²) in [6, 6.07) is 0. The zero-order valence-corrected chi connectivity index (χ0v) is 6.26. The van der Waals surface area contributed by atoms with Crippen LogP contribution in [0.2, 0.25) is 0 Å². The molecule has 1 aliphatic rings. The Morgan fingerprint density at radius 2 is 2.25 bits per heavy atom. The molecule has 0 unspecified atom stereocenters. The molecule has 0 aromatic carbocycles. The first-order chi connectivity index (χ1) is 3.63. The van der Waals surface area contributed by atoms with Crippen LogP contribution in [0.25, 0.3) is 0 Å². The van der Waals surface area contributed by atoms with E-state index in [4.69, 9.17) is 0 Å². The summed E-state index contributed by atoms with van der Waals surface area (Å²) in [6.07, 6.45) is 0. The Balaban J connectivity index is 2.85. The van der Waals surface area contributed by atoms with E-state index < -0.39 is 9.84 Å². The smallest absolute Gasteiger partial charge is 0.162 e. The molecule has 1 saturated heterocycles. The molecule has 0 aromatic rings. The molecule has 0 amide bonds. The van der Waals surface area contributed by atoms with Crippen LogP contribution in [0.1, 0.15) is 6.92 Å². The third kappa shape index (κ3) is 1.00. The van der Waals surface area contributed by atoms with Crippen LogP contribution in [0.15, 0.2) is 0 Å². The van der Waals surface area contributed by atoms with Crippen molar-refractivity contribution >= 4 is 21.6 Å². The molecular weight excluding hydrogens is 144 g/mol. The SMILES string of the molecule is C[C@@H]1SCCS1(=O)=O. The number of sulfone groups is 1.